The summed E-state index contributed by atoms with van der Waals surface area (Å²) in [6.07, 6.45) is 0. The molecular formula is C21H14INO4. The van der Waals surface area contributed by atoms with Gasteiger partial charge in [0.25, 0.3) is 5.56 Å². The first-order valence-electron chi connectivity index (χ1n) is 8.22. The fourth-order valence-corrected chi connectivity index (χ4v) is 3.60. The van der Waals surface area contributed by atoms with E-state index in [1.807, 2.05) is 60.7 Å². The van der Waals surface area contributed by atoms with Crippen molar-refractivity contribution in [2.45, 2.75) is 6.92 Å². The van der Waals surface area contributed by atoms with Gasteiger partial charge in [0.2, 0.25) is 0 Å². The van der Waals surface area contributed by atoms with Gasteiger partial charge in [0.15, 0.2) is 11.3 Å². The van der Waals surface area contributed by atoms with Crippen LogP contribution in [-0.2, 0) is 0 Å². The summed E-state index contributed by atoms with van der Waals surface area (Å²) in [5.41, 5.74) is 1.67. The van der Waals surface area contributed by atoms with E-state index in [-0.39, 0.29) is 20.3 Å². The number of rotatable bonds is 2. The quantitative estimate of drug-likeness (QED) is 0.445. The number of benzene rings is 2. The van der Waals surface area contributed by atoms with Crippen molar-refractivity contribution >= 4 is 33.6 Å². The van der Waals surface area contributed by atoms with E-state index < -0.39 is 11.2 Å². The number of nitrogens with zero attached hydrogens (tertiary/aromatic N) is 1. The van der Waals surface area contributed by atoms with Gasteiger partial charge >= 0.3 is 5.63 Å². The van der Waals surface area contributed by atoms with Gasteiger partial charge in [-0.05, 0) is 47.2 Å². The summed E-state index contributed by atoms with van der Waals surface area (Å²) in [6, 6.07) is 18.6. The Kier molecular flexibility index (Phi) is 4.35. The lowest BCUT2D eigenvalue weighted by atomic mass is 10.0. The Labute approximate surface area is 167 Å². The Bertz CT molecular complexity index is 1280. The second-order valence-corrected chi connectivity index (χ2v) is 7.15. The smallest absolute Gasteiger partial charge is 0.353 e. The zero-order valence-corrected chi connectivity index (χ0v) is 16.4. The van der Waals surface area contributed by atoms with Gasteiger partial charge in [-0.25, -0.2) is 4.79 Å². The SMILES string of the molecule is Cc1c(-c2ccccc2)n(-c2ccccc2)c(=O)c2c(O)c(I)c(=O)oc12. The molecule has 4 rings (SSSR count). The van der Waals surface area contributed by atoms with Crippen LogP contribution in [0.2, 0.25) is 0 Å². The third-order valence-electron chi connectivity index (χ3n) is 4.44. The molecule has 0 amide bonds. The summed E-state index contributed by atoms with van der Waals surface area (Å²) >= 11 is 1.69. The van der Waals surface area contributed by atoms with Crippen molar-refractivity contribution < 1.29 is 9.52 Å². The van der Waals surface area contributed by atoms with Crippen molar-refractivity contribution in [3.8, 4) is 22.7 Å². The van der Waals surface area contributed by atoms with E-state index in [1.54, 1.807) is 34.1 Å². The lowest BCUT2D eigenvalue weighted by Gasteiger charge is -2.18. The maximum atomic E-state index is 13.4. The normalized spacial score (nSPS) is 11.0. The molecule has 4 aromatic rings. The van der Waals surface area contributed by atoms with Crippen molar-refractivity contribution in [2.24, 2.45) is 0 Å². The summed E-state index contributed by atoms with van der Waals surface area (Å²) in [5, 5.41) is 10.5. The average Bonchev–Trinajstić information content (AvgIpc) is 2.69. The molecule has 0 saturated heterocycles. The second kappa shape index (κ2) is 6.70. The Morgan fingerprint density at radius 3 is 2.19 bits per heavy atom. The van der Waals surface area contributed by atoms with E-state index in [2.05, 4.69) is 0 Å². The van der Waals surface area contributed by atoms with Crippen LogP contribution in [0.25, 0.3) is 27.9 Å². The van der Waals surface area contributed by atoms with Gasteiger partial charge < -0.3 is 9.52 Å². The number of hydrogen-bond donors (Lipinski definition) is 1. The van der Waals surface area contributed by atoms with Gasteiger partial charge in [0.05, 0.1) is 5.69 Å². The highest BCUT2D eigenvalue weighted by molar-refractivity contribution is 14.1. The van der Waals surface area contributed by atoms with Crippen LogP contribution in [0.3, 0.4) is 0 Å². The molecule has 2 aromatic heterocycles. The summed E-state index contributed by atoms with van der Waals surface area (Å²) in [4.78, 5) is 25.5. The highest BCUT2D eigenvalue weighted by Crippen LogP contribution is 2.33. The number of aryl methyl sites for hydroxylation is 1. The van der Waals surface area contributed by atoms with E-state index in [0.717, 1.165) is 5.56 Å². The molecule has 0 saturated carbocycles. The lowest BCUT2D eigenvalue weighted by molar-refractivity contribution is 0.460. The zero-order valence-electron chi connectivity index (χ0n) is 14.3. The van der Waals surface area contributed by atoms with Crippen LogP contribution in [0.15, 0.2) is 74.7 Å². The minimum Gasteiger partial charge on any atom is -0.506 e. The number of aromatic hydroxyl groups is 1. The minimum absolute atomic E-state index is 0.0000317. The molecule has 0 aliphatic rings. The van der Waals surface area contributed by atoms with Crippen molar-refractivity contribution in [2.75, 3.05) is 0 Å². The number of aromatic nitrogens is 1. The molecule has 0 spiro atoms. The molecule has 27 heavy (non-hydrogen) atoms. The van der Waals surface area contributed by atoms with E-state index in [1.165, 1.54) is 0 Å². The summed E-state index contributed by atoms with van der Waals surface area (Å²) < 4.78 is 6.94. The van der Waals surface area contributed by atoms with Crippen LogP contribution < -0.4 is 11.2 Å². The first-order valence-corrected chi connectivity index (χ1v) is 9.30. The molecule has 6 heteroatoms. The molecule has 0 aliphatic carbocycles. The second-order valence-electron chi connectivity index (χ2n) is 6.07. The predicted octanol–water partition coefficient (Wildman–Crippen LogP) is 4.23. The van der Waals surface area contributed by atoms with Gasteiger partial charge in [-0.15, -0.1) is 0 Å². The van der Waals surface area contributed by atoms with Gasteiger partial charge in [-0.3, -0.25) is 9.36 Å². The zero-order chi connectivity index (χ0) is 19.1. The number of halogens is 1. The van der Waals surface area contributed by atoms with Gasteiger partial charge in [0.1, 0.15) is 8.96 Å². The maximum Gasteiger partial charge on any atom is 0.353 e. The Morgan fingerprint density at radius 1 is 0.963 bits per heavy atom. The Morgan fingerprint density at radius 2 is 1.56 bits per heavy atom. The first-order chi connectivity index (χ1) is 13.0. The fourth-order valence-electron chi connectivity index (χ4n) is 3.22. The number of hydrogen-bond acceptors (Lipinski definition) is 4. The summed E-state index contributed by atoms with van der Waals surface area (Å²) in [7, 11) is 0. The molecule has 0 aliphatic heterocycles. The molecule has 0 atom stereocenters. The number of para-hydroxylation sites is 1. The van der Waals surface area contributed by atoms with E-state index in [0.29, 0.717) is 16.9 Å². The molecule has 0 fully saturated rings. The molecule has 134 valence electrons. The molecular weight excluding hydrogens is 457 g/mol. The van der Waals surface area contributed by atoms with Gasteiger partial charge in [-0.2, -0.15) is 0 Å². The predicted molar refractivity (Wildman–Crippen MR) is 113 cm³/mol. The van der Waals surface area contributed by atoms with Crippen LogP contribution >= 0.6 is 22.6 Å². The van der Waals surface area contributed by atoms with Crippen LogP contribution in [0.4, 0.5) is 0 Å². The third kappa shape index (κ3) is 2.76. The minimum atomic E-state index is -0.667. The number of pyridine rings is 1. The molecule has 2 aromatic carbocycles. The standard InChI is InChI=1S/C21H14INO4/c1-12-17(13-8-4-2-5-9-13)23(14-10-6-3-7-11-14)20(25)15-18(24)16(22)21(26)27-19(12)15/h2-11,24H,1H3. The monoisotopic (exact) mass is 471 g/mol. The summed E-state index contributed by atoms with van der Waals surface area (Å²) in [5.74, 6) is -0.348. The third-order valence-corrected chi connectivity index (χ3v) is 5.40. The van der Waals surface area contributed by atoms with Crippen LogP contribution in [-0.4, -0.2) is 9.67 Å². The van der Waals surface area contributed by atoms with Crippen molar-refractivity contribution in [3.63, 3.8) is 0 Å². The van der Waals surface area contributed by atoms with Crippen molar-refractivity contribution in [1.82, 2.24) is 4.57 Å². The van der Waals surface area contributed by atoms with Gasteiger partial charge in [0, 0.05) is 11.3 Å². The van der Waals surface area contributed by atoms with Crippen molar-refractivity contribution in [1.29, 1.82) is 0 Å². The fraction of sp³-hybridized carbons (Fsp3) is 0.0476. The van der Waals surface area contributed by atoms with E-state index >= 15 is 0 Å². The van der Waals surface area contributed by atoms with Crippen LogP contribution in [0, 0.1) is 10.5 Å². The first kappa shape index (κ1) is 17.5. The molecule has 0 bridgehead atoms. The van der Waals surface area contributed by atoms with Gasteiger partial charge in [-0.1, -0.05) is 48.5 Å². The molecule has 2 heterocycles. The number of fused-ring (bicyclic) bond motifs is 1. The Hall–Kier alpha value is -2.87. The maximum absolute atomic E-state index is 13.4. The highest BCUT2D eigenvalue weighted by atomic mass is 127. The molecule has 0 radical (unpaired) electrons. The molecule has 5 nitrogen and oxygen atoms in total. The highest BCUT2D eigenvalue weighted by Gasteiger charge is 2.23. The molecule has 0 unspecified atom stereocenters. The average molecular weight is 471 g/mol. The van der Waals surface area contributed by atoms with E-state index in [4.69, 9.17) is 4.42 Å². The summed E-state index contributed by atoms with van der Waals surface area (Å²) in [6.45, 7) is 1.78. The molecule has 1 N–H and O–H groups in total. The van der Waals surface area contributed by atoms with Crippen LogP contribution in [0.5, 0.6) is 5.75 Å². The van der Waals surface area contributed by atoms with E-state index in [9.17, 15) is 14.7 Å². The van der Waals surface area contributed by atoms with Crippen molar-refractivity contribution in [3.05, 3.63) is 90.6 Å². The Balaban J connectivity index is 2.28. The van der Waals surface area contributed by atoms with Crippen LogP contribution in [0.1, 0.15) is 5.56 Å². The topological polar surface area (TPSA) is 72.4 Å². The largest absolute Gasteiger partial charge is 0.506 e. The lowest BCUT2D eigenvalue weighted by Crippen LogP contribution is -2.23.